The summed E-state index contributed by atoms with van der Waals surface area (Å²) in [5, 5.41) is 6.64. The summed E-state index contributed by atoms with van der Waals surface area (Å²) in [4.78, 5) is 11.2. The SMILES string of the molecule is CCCc1nc(NCC)cc(NCCCN(C)C)n1. The Kier molecular flexibility index (Phi) is 7.18. The maximum atomic E-state index is 4.55. The third-order valence-corrected chi connectivity index (χ3v) is 2.69. The van der Waals surface area contributed by atoms with Gasteiger partial charge in [-0.25, -0.2) is 9.97 Å². The van der Waals surface area contributed by atoms with Gasteiger partial charge in [-0.15, -0.1) is 0 Å². The standard InChI is InChI=1S/C14H27N5/c1-5-8-12-17-13(15-6-2)11-14(18-12)16-9-7-10-19(3)4/h11H,5-10H2,1-4H3,(H2,15,16,17,18). The van der Waals surface area contributed by atoms with Crippen molar-refractivity contribution in [3.63, 3.8) is 0 Å². The Bertz CT molecular complexity index is 341. The zero-order valence-corrected chi connectivity index (χ0v) is 12.7. The van der Waals surface area contributed by atoms with E-state index in [-0.39, 0.29) is 0 Å². The molecule has 0 aliphatic carbocycles. The highest BCUT2D eigenvalue weighted by atomic mass is 15.1. The van der Waals surface area contributed by atoms with E-state index in [0.29, 0.717) is 0 Å². The quantitative estimate of drug-likeness (QED) is 0.671. The summed E-state index contributed by atoms with van der Waals surface area (Å²) in [6.07, 6.45) is 3.10. The van der Waals surface area contributed by atoms with Crippen LogP contribution in [-0.4, -0.2) is 48.6 Å². The second kappa shape index (κ2) is 8.69. The Morgan fingerprint density at radius 3 is 2.37 bits per heavy atom. The predicted octanol–water partition coefficient (Wildman–Crippen LogP) is 2.22. The molecule has 0 aliphatic rings. The van der Waals surface area contributed by atoms with Gasteiger partial charge in [0.15, 0.2) is 0 Å². The van der Waals surface area contributed by atoms with Gasteiger partial charge >= 0.3 is 0 Å². The summed E-state index contributed by atoms with van der Waals surface area (Å²) >= 11 is 0. The highest BCUT2D eigenvalue weighted by Crippen LogP contribution is 2.12. The first-order chi connectivity index (χ1) is 9.15. The van der Waals surface area contributed by atoms with Gasteiger partial charge in [0, 0.05) is 25.6 Å². The minimum absolute atomic E-state index is 0.878. The van der Waals surface area contributed by atoms with Crippen molar-refractivity contribution in [1.29, 1.82) is 0 Å². The molecule has 1 rings (SSSR count). The van der Waals surface area contributed by atoms with Crippen LogP contribution in [0.2, 0.25) is 0 Å². The zero-order chi connectivity index (χ0) is 14.1. The monoisotopic (exact) mass is 265 g/mol. The molecule has 0 fully saturated rings. The van der Waals surface area contributed by atoms with Gasteiger partial charge in [-0.05, 0) is 40.4 Å². The molecule has 5 heteroatoms. The van der Waals surface area contributed by atoms with Gasteiger partial charge < -0.3 is 15.5 Å². The van der Waals surface area contributed by atoms with Crippen LogP contribution in [0.25, 0.3) is 0 Å². The van der Waals surface area contributed by atoms with Crippen LogP contribution in [0.15, 0.2) is 6.07 Å². The van der Waals surface area contributed by atoms with Gasteiger partial charge in [0.05, 0.1) is 0 Å². The summed E-state index contributed by atoms with van der Waals surface area (Å²) in [5.74, 6) is 2.75. The van der Waals surface area contributed by atoms with Gasteiger partial charge in [-0.3, -0.25) is 0 Å². The highest BCUT2D eigenvalue weighted by Gasteiger charge is 2.03. The molecule has 1 aromatic heterocycles. The first-order valence-corrected chi connectivity index (χ1v) is 7.16. The molecule has 0 unspecified atom stereocenters. The maximum absolute atomic E-state index is 4.55. The molecule has 108 valence electrons. The smallest absolute Gasteiger partial charge is 0.133 e. The summed E-state index contributed by atoms with van der Waals surface area (Å²) in [6.45, 7) is 7.12. The van der Waals surface area contributed by atoms with Crippen molar-refractivity contribution in [3.8, 4) is 0 Å². The van der Waals surface area contributed by atoms with Crippen LogP contribution >= 0.6 is 0 Å². The maximum Gasteiger partial charge on any atom is 0.133 e. The molecule has 0 saturated carbocycles. The largest absolute Gasteiger partial charge is 0.370 e. The van der Waals surface area contributed by atoms with Gasteiger partial charge in [0.2, 0.25) is 0 Å². The molecule has 0 bridgehead atoms. The molecular weight excluding hydrogens is 238 g/mol. The number of hydrogen-bond donors (Lipinski definition) is 2. The van der Waals surface area contributed by atoms with E-state index >= 15 is 0 Å². The number of aromatic nitrogens is 2. The summed E-state index contributed by atoms with van der Waals surface area (Å²) in [7, 11) is 4.18. The van der Waals surface area contributed by atoms with Crippen LogP contribution < -0.4 is 10.6 Å². The van der Waals surface area contributed by atoms with E-state index < -0.39 is 0 Å². The lowest BCUT2D eigenvalue weighted by molar-refractivity contribution is 0.405. The molecule has 2 N–H and O–H groups in total. The molecular formula is C14H27N5. The number of nitrogens with zero attached hydrogens (tertiary/aromatic N) is 3. The first kappa shape index (κ1) is 15.7. The summed E-state index contributed by atoms with van der Waals surface area (Å²) in [6, 6.07) is 1.98. The van der Waals surface area contributed by atoms with Crippen LogP contribution in [0.5, 0.6) is 0 Å². The van der Waals surface area contributed by atoms with Crippen molar-refractivity contribution >= 4 is 11.6 Å². The minimum Gasteiger partial charge on any atom is -0.370 e. The number of hydrogen-bond acceptors (Lipinski definition) is 5. The summed E-state index contributed by atoms with van der Waals surface area (Å²) < 4.78 is 0. The molecule has 19 heavy (non-hydrogen) atoms. The Labute approximate surface area is 116 Å². The van der Waals surface area contributed by atoms with E-state index in [1.807, 2.05) is 6.07 Å². The van der Waals surface area contributed by atoms with Crippen molar-refractivity contribution in [1.82, 2.24) is 14.9 Å². The molecule has 0 atom stereocenters. The predicted molar refractivity (Wildman–Crippen MR) is 81.9 cm³/mol. The Hall–Kier alpha value is -1.36. The fourth-order valence-electron chi connectivity index (χ4n) is 1.81. The zero-order valence-electron chi connectivity index (χ0n) is 12.7. The second-order valence-corrected chi connectivity index (χ2v) is 4.92. The van der Waals surface area contributed by atoms with E-state index in [1.54, 1.807) is 0 Å². The number of nitrogens with one attached hydrogen (secondary N) is 2. The Morgan fingerprint density at radius 1 is 1.11 bits per heavy atom. The van der Waals surface area contributed by atoms with Gasteiger partial charge in [-0.1, -0.05) is 6.92 Å². The normalized spacial score (nSPS) is 10.8. The van der Waals surface area contributed by atoms with Crippen LogP contribution in [0.3, 0.4) is 0 Å². The second-order valence-electron chi connectivity index (χ2n) is 4.92. The van der Waals surface area contributed by atoms with Crippen LogP contribution in [0.1, 0.15) is 32.5 Å². The Morgan fingerprint density at radius 2 is 1.79 bits per heavy atom. The lowest BCUT2D eigenvalue weighted by atomic mass is 10.3. The van der Waals surface area contributed by atoms with Crippen molar-refractivity contribution in [2.24, 2.45) is 0 Å². The van der Waals surface area contributed by atoms with E-state index in [2.05, 4.69) is 53.4 Å². The molecule has 0 amide bonds. The molecule has 5 nitrogen and oxygen atoms in total. The van der Waals surface area contributed by atoms with Gasteiger partial charge in [0.25, 0.3) is 0 Å². The molecule has 0 saturated heterocycles. The van der Waals surface area contributed by atoms with Crippen molar-refractivity contribution in [3.05, 3.63) is 11.9 Å². The number of anilines is 2. The molecule has 0 radical (unpaired) electrons. The van der Waals surface area contributed by atoms with Crippen molar-refractivity contribution < 1.29 is 0 Å². The molecule has 0 aliphatic heterocycles. The molecule has 1 aromatic rings. The fourth-order valence-corrected chi connectivity index (χ4v) is 1.81. The molecule has 0 aromatic carbocycles. The molecule has 1 heterocycles. The van der Waals surface area contributed by atoms with Gasteiger partial charge in [-0.2, -0.15) is 0 Å². The van der Waals surface area contributed by atoms with Crippen molar-refractivity contribution in [2.45, 2.75) is 33.1 Å². The van der Waals surface area contributed by atoms with E-state index in [4.69, 9.17) is 0 Å². The first-order valence-electron chi connectivity index (χ1n) is 7.16. The number of aryl methyl sites for hydroxylation is 1. The highest BCUT2D eigenvalue weighted by molar-refractivity contribution is 5.47. The number of rotatable bonds is 9. The van der Waals surface area contributed by atoms with Crippen LogP contribution in [0.4, 0.5) is 11.6 Å². The van der Waals surface area contributed by atoms with Crippen LogP contribution in [0, 0.1) is 0 Å². The topological polar surface area (TPSA) is 53.1 Å². The van der Waals surface area contributed by atoms with E-state index in [0.717, 1.165) is 56.4 Å². The molecule has 0 spiro atoms. The average Bonchev–Trinajstić information content (AvgIpc) is 2.35. The third kappa shape index (κ3) is 6.38. The average molecular weight is 265 g/mol. The summed E-state index contributed by atoms with van der Waals surface area (Å²) in [5.41, 5.74) is 0. The van der Waals surface area contributed by atoms with Crippen LogP contribution in [-0.2, 0) is 6.42 Å². The van der Waals surface area contributed by atoms with Gasteiger partial charge in [0.1, 0.15) is 17.5 Å². The third-order valence-electron chi connectivity index (χ3n) is 2.69. The lowest BCUT2D eigenvalue weighted by Crippen LogP contribution is -2.17. The van der Waals surface area contributed by atoms with Crippen molar-refractivity contribution in [2.75, 3.05) is 44.4 Å². The van der Waals surface area contributed by atoms with E-state index in [1.165, 1.54) is 0 Å². The fraction of sp³-hybridized carbons (Fsp3) is 0.714. The van der Waals surface area contributed by atoms with E-state index in [9.17, 15) is 0 Å². The minimum atomic E-state index is 0.878. The lowest BCUT2D eigenvalue weighted by Gasteiger charge is -2.12. The Balaban J connectivity index is 2.59.